The SMILES string of the molecule is CCCCOC(=O)N1CC=C(c2ccc3c(N)ncnn23)C1. The molecule has 2 aromatic rings. The van der Waals surface area contributed by atoms with E-state index in [9.17, 15) is 4.79 Å². The lowest BCUT2D eigenvalue weighted by atomic mass is 10.2. The van der Waals surface area contributed by atoms with E-state index in [-0.39, 0.29) is 6.09 Å². The number of fused-ring (bicyclic) bond motifs is 1. The molecule has 0 radical (unpaired) electrons. The van der Waals surface area contributed by atoms with Gasteiger partial charge >= 0.3 is 6.09 Å². The maximum absolute atomic E-state index is 12.0. The van der Waals surface area contributed by atoms with Crippen LogP contribution in [-0.2, 0) is 4.74 Å². The standard InChI is InChI=1S/C15H19N5O2/c1-2-3-8-22-15(21)19-7-6-11(9-19)12-4-5-13-14(16)17-10-18-20(12)13/h4-6,10H,2-3,7-9H2,1H3,(H2,16,17,18). The highest BCUT2D eigenvalue weighted by Gasteiger charge is 2.23. The Morgan fingerprint density at radius 1 is 1.45 bits per heavy atom. The first-order valence-electron chi connectivity index (χ1n) is 7.40. The van der Waals surface area contributed by atoms with Gasteiger partial charge in [0.15, 0.2) is 5.82 Å². The van der Waals surface area contributed by atoms with Gasteiger partial charge in [-0.1, -0.05) is 19.4 Å². The fourth-order valence-corrected chi connectivity index (χ4v) is 2.47. The maximum Gasteiger partial charge on any atom is 0.410 e. The van der Waals surface area contributed by atoms with Crippen molar-refractivity contribution < 1.29 is 9.53 Å². The van der Waals surface area contributed by atoms with Gasteiger partial charge in [0, 0.05) is 6.54 Å². The number of hydrogen-bond acceptors (Lipinski definition) is 5. The van der Waals surface area contributed by atoms with Crippen molar-refractivity contribution in [2.45, 2.75) is 19.8 Å². The van der Waals surface area contributed by atoms with Crippen LogP contribution in [0, 0.1) is 0 Å². The smallest absolute Gasteiger partial charge is 0.410 e. The molecule has 0 bridgehead atoms. The Kier molecular flexibility index (Phi) is 3.95. The molecule has 3 rings (SSSR count). The first-order chi connectivity index (χ1) is 10.7. The van der Waals surface area contributed by atoms with Crippen LogP contribution in [0.1, 0.15) is 25.5 Å². The molecule has 0 saturated heterocycles. The number of hydrogen-bond donors (Lipinski definition) is 1. The lowest BCUT2D eigenvalue weighted by Gasteiger charge is -2.16. The number of amides is 1. The molecule has 2 aromatic heterocycles. The van der Waals surface area contributed by atoms with Crippen molar-refractivity contribution in [1.29, 1.82) is 0 Å². The number of unbranched alkanes of at least 4 members (excludes halogenated alkanes) is 1. The van der Waals surface area contributed by atoms with Crippen LogP contribution in [0.25, 0.3) is 11.1 Å². The number of nitrogen functional groups attached to an aromatic ring is 1. The summed E-state index contributed by atoms with van der Waals surface area (Å²) in [4.78, 5) is 17.6. The second-order valence-electron chi connectivity index (χ2n) is 5.24. The Hall–Kier alpha value is -2.57. The normalized spacial score (nSPS) is 14.4. The fourth-order valence-electron chi connectivity index (χ4n) is 2.47. The Balaban J connectivity index is 1.72. The van der Waals surface area contributed by atoms with Crippen LogP contribution in [0.15, 0.2) is 24.5 Å². The highest BCUT2D eigenvalue weighted by Crippen LogP contribution is 2.24. The third kappa shape index (κ3) is 2.61. The second-order valence-corrected chi connectivity index (χ2v) is 5.24. The minimum absolute atomic E-state index is 0.269. The first kappa shape index (κ1) is 14.4. The number of carbonyl (C=O) groups is 1. The molecule has 0 spiro atoms. The summed E-state index contributed by atoms with van der Waals surface area (Å²) in [5, 5.41) is 4.23. The molecule has 116 valence electrons. The van der Waals surface area contributed by atoms with E-state index in [1.165, 1.54) is 6.33 Å². The van der Waals surface area contributed by atoms with E-state index < -0.39 is 0 Å². The Morgan fingerprint density at radius 3 is 3.14 bits per heavy atom. The van der Waals surface area contributed by atoms with E-state index in [0.29, 0.717) is 25.5 Å². The lowest BCUT2D eigenvalue weighted by molar-refractivity contribution is 0.111. The van der Waals surface area contributed by atoms with Gasteiger partial charge in [-0.2, -0.15) is 5.10 Å². The van der Waals surface area contributed by atoms with Crippen LogP contribution in [0.4, 0.5) is 10.6 Å². The lowest BCUT2D eigenvalue weighted by Crippen LogP contribution is -2.29. The van der Waals surface area contributed by atoms with Crippen molar-refractivity contribution in [3.8, 4) is 0 Å². The number of nitrogens with two attached hydrogens (primary N) is 1. The molecule has 0 fully saturated rings. The largest absolute Gasteiger partial charge is 0.449 e. The van der Waals surface area contributed by atoms with Crippen LogP contribution < -0.4 is 5.73 Å². The Labute approximate surface area is 128 Å². The fraction of sp³-hybridized carbons (Fsp3) is 0.400. The average molecular weight is 301 g/mol. The highest BCUT2D eigenvalue weighted by molar-refractivity contribution is 5.79. The molecular formula is C15H19N5O2. The molecule has 0 aliphatic carbocycles. The number of nitrogens with zero attached hydrogens (tertiary/aromatic N) is 4. The predicted octanol–water partition coefficient (Wildman–Crippen LogP) is 1.95. The van der Waals surface area contributed by atoms with Crippen LogP contribution in [0.2, 0.25) is 0 Å². The summed E-state index contributed by atoms with van der Waals surface area (Å²) in [5.41, 5.74) is 8.56. The molecule has 1 aliphatic heterocycles. The predicted molar refractivity (Wildman–Crippen MR) is 83.2 cm³/mol. The number of rotatable bonds is 4. The number of anilines is 1. The number of aromatic nitrogens is 3. The third-order valence-corrected chi connectivity index (χ3v) is 3.71. The van der Waals surface area contributed by atoms with E-state index in [1.807, 2.05) is 18.2 Å². The van der Waals surface area contributed by atoms with Crippen molar-refractivity contribution >= 4 is 23.0 Å². The molecule has 0 aromatic carbocycles. The molecule has 0 unspecified atom stereocenters. The third-order valence-electron chi connectivity index (χ3n) is 3.71. The number of ether oxygens (including phenoxy) is 1. The van der Waals surface area contributed by atoms with Gasteiger partial charge in [0.1, 0.15) is 11.8 Å². The van der Waals surface area contributed by atoms with Crippen molar-refractivity contribution in [3.63, 3.8) is 0 Å². The van der Waals surface area contributed by atoms with Gasteiger partial charge < -0.3 is 15.4 Å². The minimum Gasteiger partial charge on any atom is -0.449 e. The molecule has 2 N–H and O–H groups in total. The zero-order valence-corrected chi connectivity index (χ0v) is 12.5. The molecule has 7 heteroatoms. The monoisotopic (exact) mass is 301 g/mol. The van der Waals surface area contributed by atoms with Crippen LogP contribution in [0.5, 0.6) is 0 Å². The quantitative estimate of drug-likeness (QED) is 0.872. The maximum atomic E-state index is 12.0. The molecule has 7 nitrogen and oxygen atoms in total. The van der Waals surface area contributed by atoms with Gasteiger partial charge in [-0.05, 0) is 24.1 Å². The molecule has 0 atom stereocenters. The summed E-state index contributed by atoms with van der Waals surface area (Å²) in [6.07, 6.45) is 5.07. The summed E-state index contributed by atoms with van der Waals surface area (Å²) < 4.78 is 6.99. The van der Waals surface area contributed by atoms with Crippen LogP contribution >= 0.6 is 0 Å². The topological polar surface area (TPSA) is 85.8 Å². The van der Waals surface area contributed by atoms with Crippen molar-refractivity contribution in [2.75, 3.05) is 25.4 Å². The molecule has 22 heavy (non-hydrogen) atoms. The van der Waals surface area contributed by atoms with Crippen molar-refractivity contribution in [1.82, 2.24) is 19.5 Å². The summed E-state index contributed by atoms with van der Waals surface area (Å²) in [6, 6.07) is 3.83. The van der Waals surface area contributed by atoms with E-state index in [0.717, 1.165) is 29.6 Å². The van der Waals surface area contributed by atoms with E-state index in [2.05, 4.69) is 17.0 Å². The second kappa shape index (κ2) is 6.05. The summed E-state index contributed by atoms with van der Waals surface area (Å²) in [7, 11) is 0. The molecule has 0 saturated carbocycles. The van der Waals surface area contributed by atoms with Crippen LogP contribution in [-0.4, -0.2) is 45.3 Å². The van der Waals surface area contributed by atoms with Crippen molar-refractivity contribution in [2.24, 2.45) is 0 Å². The highest BCUT2D eigenvalue weighted by atomic mass is 16.6. The zero-order valence-electron chi connectivity index (χ0n) is 12.5. The van der Waals surface area contributed by atoms with E-state index in [4.69, 9.17) is 10.5 Å². The summed E-state index contributed by atoms with van der Waals surface area (Å²) in [6.45, 7) is 3.60. The molecule has 1 amide bonds. The van der Waals surface area contributed by atoms with Crippen molar-refractivity contribution in [3.05, 3.63) is 30.2 Å². The van der Waals surface area contributed by atoms with Gasteiger partial charge in [-0.3, -0.25) is 0 Å². The molecule has 1 aliphatic rings. The minimum atomic E-state index is -0.269. The van der Waals surface area contributed by atoms with E-state index >= 15 is 0 Å². The number of carbonyl (C=O) groups excluding carboxylic acids is 1. The van der Waals surface area contributed by atoms with Gasteiger partial charge in [0.2, 0.25) is 0 Å². The average Bonchev–Trinajstić information content (AvgIpc) is 3.14. The molecular weight excluding hydrogens is 282 g/mol. The summed E-state index contributed by atoms with van der Waals surface area (Å²) >= 11 is 0. The Bertz CT molecular complexity index is 722. The summed E-state index contributed by atoms with van der Waals surface area (Å²) in [5.74, 6) is 0.440. The van der Waals surface area contributed by atoms with Gasteiger partial charge in [0.25, 0.3) is 0 Å². The Morgan fingerprint density at radius 2 is 2.32 bits per heavy atom. The molecule has 3 heterocycles. The van der Waals surface area contributed by atoms with Gasteiger partial charge in [-0.15, -0.1) is 0 Å². The first-order valence-corrected chi connectivity index (χ1v) is 7.40. The van der Waals surface area contributed by atoms with E-state index in [1.54, 1.807) is 9.42 Å². The van der Waals surface area contributed by atoms with Gasteiger partial charge in [-0.25, -0.2) is 14.3 Å². The van der Waals surface area contributed by atoms with Crippen LogP contribution in [0.3, 0.4) is 0 Å². The zero-order chi connectivity index (χ0) is 15.5. The van der Waals surface area contributed by atoms with Gasteiger partial charge in [0.05, 0.1) is 18.8 Å².